The van der Waals surface area contributed by atoms with Crippen LogP contribution in [0.4, 0.5) is 0 Å². The third kappa shape index (κ3) is 1.03. The highest BCUT2D eigenvalue weighted by molar-refractivity contribution is 5.80. The first-order chi connectivity index (χ1) is 5.79. The Morgan fingerprint density at radius 1 is 1.50 bits per heavy atom. The molecule has 3 heteroatoms. The molecule has 12 heavy (non-hydrogen) atoms. The van der Waals surface area contributed by atoms with E-state index in [1.54, 1.807) is 12.3 Å². The van der Waals surface area contributed by atoms with Crippen LogP contribution in [0.2, 0.25) is 0 Å². The molecule has 0 aliphatic carbocycles. The fraction of sp³-hybridized carbons (Fsp3) is 0.222. The number of pyridine rings is 1. The lowest BCUT2D eigenvalue weighted by Gasteiger charge is -1.93. The second-order valence-electron chi connectivity index (χ2n) is 2.77. The normalized spacial score (nSPS) is 10.8. The van der Waals surface area contributed by atoms with E-state index in [0.717, 1.165) is 23.0 Å². The number of hydrogen-bond donors (Lipinski definition) is 2. The highest BCUT2D eigenvalue weighted by atomic mass is 16.3. The Hall–Kier alpha value is -1.51. The molecule has 2 N–H and O–H groups in total. The molecule has 2 heterocycles. The average Bonchev–Trinajstić information content (AvgIpc) is 2.43. The standard InChI is InChI=1S/C9H10N2O/c1-2-7-4-8-6(5-10-7)3-9(12)11-8/h3-5,11-12H,2H2,1H3. The van der Waals surface area contributed by atoms with Gasteiger partial charge in [0.15, 0.2) is 5.88 Å². The molecule has 3 nitrogen and oxygen atoms in total. The van der Waals surface area contributed by atoms with Crippen LogP contribution in [-0.4, -0.2) is 15.1 Å². The maximum atomic E-state index is 9.14. The van der Waals surface area contributed by atoms with Crippen molar-refractivity contribution >= 4 is 10.9 Å². The molecule has 0 unspecified atom stereocenters. The molecule has 0 atom stereocenters. The van der Waals surface area contributed by atoms with Crippen molar-refractivity contribution in [2.24, 2.45) is 0 Å². The van der Waals surface area contributed by atoms with Crippen LogP contribution in [-0.2, 0) is 6.42 Å². The van der Waals surface area contributed by atoms with Crippen LogP contribution in [0.1, 0.15) is 12.6 Å². The molecule has 0 saturated carbocycles. The summed E-state index contributed by atoms with van der Waals surface area (Å²) < 4.78 is 0. The quantitative estimate of drug-likeness (QED) is 0.672. The van der Waals surface area contributed by atoms with Crippen molar-refractivity contribution in [3.05, 3.63) is 24.0 Å². The number of H-pyrrole nitrogens is 1. The molecule has 0 radical (unpaired) electrons. The van der Waals surface area contributed by atoms with Gasteiger partial charge in [0.2, 0.25) is 0 Å². The Bertz CT molecular complexity index is 406. The van der Waals surface area contributed by atoms with Crippen LogP contribution in [0.25, 0.3) is 10.9 Å². The molecule has 62 valence electrons. The summed E-state index contributed by atoms with van der Waals surface area (Å²) in [6, 6.07) is 3.62. The molecule has 0 bridgehead atoms. The second-order valence-corrected chi connectivity index (χ2v) is 2.77. The first-order valence-corrected chi connectivity index (χ1v) is 3.96. The molecule has 0 aliphatic rings. The minimum Gasteiger partial charge on any atom is -0.495 e. The van der Waals surface area contributed by atoms with Crippen LogP contribution in [0.15, 0.2) is 18.3 Å². The average molecular weight is 162 g/mol. The van der Waals surface area contributed by atoms with E-state index in [1.165, 1.54) is 0 Å². The van der Waals surface area contributed by atoms with Gasteiger partial charge in [0, 0.05) is 23.3 Å². The van der Waals surface area contributed by atoms with E-state index in [2.05, 4.69) is 16.9 Å². The van der Waals surface area contributed by atoms with E-state index in [4.69, 9.17) is 5.11 Å². The van der Waals surface area contributed by atoms with Gasteiger partial charge in [0.05, 0.1) is 5.52 Å². The Morgan fingerprint density at radius 2 is 2.33 bits per heavy atom. The zero-order valence-corrected chi connectivity index (χ0v) is 6.83. The molecule has 0 aliphatic heterocycles. The van der Waals surface area contributed by atoms with Crippen LogP contribution < -0.4 is 0 Å². The van der Waals surface area contributed by atoms with E-state index < -0.39 is 0 Å². The van der Waals surface area contributed by atoms with Crippen LogP contribution in [0, 0.1) is 0 Å². The third-order valence-corrected chi connectivity index (χ3v) is 1.91. The Morgan fingerprint density at radius 3 is 3.08 bits per heavy atom. The summed E-state index contributed by atoms with van der Waals surface area (Å²) in [6.45, 7) is 2.05. The van der Waals surface area contributed by atoms with Crippen molar-refractivity contribution in [1.82, 2.24) is 9.97 Å². The number of aromatic amines is 1. The first kappa shape index (κ1) is 7.16. The van der Waals surface area contributed by atoms with Crippen LogP contribution >= 0.6 is 0 Å². The summed E-state index contributed by atoms with van der Waals surface area (Å²) in [5.41, 5.74) is 1.98. The fourth-order valence-corrected chi connectivity index (χ4v) is 1.25. The van der Waals surface area contributed by atoms with Gasteiger partial charge in [-0.05, 0) is 12.5 Å². The van der Waals surface area contributed by atoms with Crippen molar-refractivity contribution in [2.45, 2.75) is 13.3 Å². The zero-order chi connectivity index (χ0) is 8.55. The highest BCUT2D eigenvalue weighted by Gasteiger charge is 1.99. The highest BCUT2D eigenvalue weighted by Crippen LogP contribution is 2.18. The molecule has 2 aromatic rings. The molecule has 0 spiro atoms. The van der Waals surface area contributed by atoms with Crippen LogP contribution in [0.5, 0.6) is 5.88 Å². The lowest BCUT2D eigenvalue weighted by Crippen LogP contribution is -1.84. The van der Waals surface area contributed by atoms with Crippen LogP contribution in [0.3, 0.4) is 0 Å². The van der Waals surface area contributed by atoms with Gasteiger partial charge >= 0.3 is 0 Å². The van der Waals surface area contributed by atoms with E-state index in [9.17, 15) is 0 Å². The molecule has 2 rings (SSSR count). The number of aryl methyl sites for hydroxylation is 1. The van der Waals surface area contributed by atoms with Crippen molar-refractivity contribution in [2.75, 3.05) is 0 Å². The maximum Gasteiger partial charge on any atom is 0.189 e. The first-order valence-electron chi connectivity index (χ1n) is 3.96. The summed E-state index contributed by atoms with van der Waals surface area (Å²) >= 11 is 0. The smallest absolute Gasteiger partial charge is 0.189 e. The van der Waals surface area contributed by atoms with Gasteiger partial charge in [0.1, 0.15) is 0 Å². The summed E-state index contributed by atoms with van der Waals surface area (Å²) in [6.07, 6.45) is 2.68. The predicted octanol–water partition coefficient (Wildman–Crippen LogP) is 1.83. The van der Waals surface area contributed by atoms with Crippen molar-refractivity contribution < 1.29 is 5.11 Å². The fourth-order valence-electron chi connectivity index (χ4n) is 1.25. The molecule has 0 saturated heterocycles. The summed E-state index contributed by atoms with van der Waals surface area (Å²) in [7, 11) is 0. The SMILES string of the molecule is CCc1cc2[nH]c(O)cc2cn1. The summed E-state index contributed by atoms with van der Waals surface area (Å²) in [4.78, 5) is 7.06. The van der Waals surface area contributed by atoms with Gasteiger partial charge in [0.25, 0.3) is 0 Å². The van der Waals surface area contributed by atoms with Gasteiger partial charge in [-0.3, -0.25) is 4.98 Å². The third-order valence-electron chi connectivity index (χ3n) is 1.91. The minimum atomic E-state index is 0.194. The summed E-state index contributed by atoms with van der Waals surface area (Å²) in [5, 5.41) is 10.1. The van der Waals surface area contributed by atoms with E-state index >= 15 is 0 Å². The minimum absolute atomic E-state index is 0.194. The Kier molecular flexibility index (Phi) is 1.50. The van der Waals surface area contributed by atoms with Crippen molar-refractivity contribution in [3.63, 3.8) is 0 Å². The molecule has 0 fully saturated rings. The number of fused-ring (bicyclic) bond motifs is 1. The molecule has 0 aromatic carbocycles. The largest absolute Gasteiger partial charge is 0.495 e. The predicted molar refractivity (Wildman–Crippen MR) is 47.1 cm³/mol. The van der Waals surface area contributed by atoms with Gasteiger partial charge < -0.3 is 10.1 Å². The van der Waals surface area contributed by atoms with E-state index in [0.29, 0.717) is 0 Å². The molecule has 0 amide bonds. The number of aromatic nitrogens is 2. The Balaban J connectivity index is 2.66. The number of nitrogens with zero attached hydrogens (tertiary/aromatic N) is 1. The van der Waals surface area contributed by atoms with E-state index in [-0.39, 0.29) is 5.88 Å². The second kappa shape index (κ2) is 2.52. The number of rotatable bonds is 1. The van der Waals surface area contributed by atoms with Crippen molar-refractivity contribution in [3.8, 4) is 5.88 Å². The molecular formula is C9H10N2O. The van der Waals surface area contributed by atoms with E-state index in [1.807, 2.05) is 6.07 Å². The number of aromatic hydroxyl groups is 1. The zero-order valence-electron chi connectivity index (χ0n) is 6.83. The molecular weight excluding hydrogens is 152 g/mol. The summed E-state index contributed by atoms with van der Waals surface area (Å²) in [5.74, 6) is 0.194. The monoisotopic (exact) mass is 162 g/mol. The van der Waals surface area contributed by atoms with Gasteiger partial charge in [-0.2, -0.15) is 0 Å². The topological polar surface area (TPSA) is 48.9 Å². The maximum absolute atomic E-state index is 9.14. The number of nitrogens with one attached hydrogen (secondary N) is 1. The Labute approximate surface area is 70.1 Å². The number of hydrogen-bond acceptors (Lipinski definition) is 2. The lowest BCUT2D eigenvalue weighted by molar-refractivity contribution is 0.458. The van der Waals surface area contributed by atoms with Gasteiger partial charge in [-0.1, -0.05) is 6.92 Å². The molecule has 2 aromatic heterocycles. The van der Waals surface area contributed by atoms with Crippen molar-refractivity contribution in [1.29, 1.82) is 0 Å². The van der Waals surface area contributed by atoms with Gasteiger partial charge in [-0.15, -0.1) is 0 Å². The lowest BCUT2D eigenvalue weighted by atomic mass is 10.2. The van der Waals surface area contributed by atoms with Gasteiger partial charge in [-0.25, -0.2) is 0 Å².